The Morgan fingerprint density at radius 3 is 2.35 bits per heavy atom. The van der Waals surface area contributed by atoms with Crippen molar-refractivity contribution in [1.29, 1.82) is 0 Å². The molecule has 0 saturated carbocycles. The Hall–Kier alpha value is -1.35. The first kappa shape index (κ1) is 15.0. The van der Waals surface area contributed by atoms with Gasteiger partial charge in [-0.3, -0.25) is 4.79 Å². The summed E-state index contributed by atoms with van der Waals surface area (Å²) < 4.78 is 0. The third kappa shape index (κ3) is 3.21. The number of carbonyl (C=O) groups is 1. The Morgan fingerprint density at radius 1 is 1.25 bits per heavy atom. The molecule has 1 fully saturated rings. The van der Waals surface area contributed by atoms with Crippen molar-refractivity contribution >= 4 is 11.6 Å². The highest BCUT2D eigenvalue weighted by atomic mass is 16.2. The van der Waals surface area contributed by atoms with Crippen molar-refractivity contribution in [3.8, 4) is 0 Å². The van der Waals surface area contributed by atoms with Crippen LogP contribution in [0, 0.1) is 5.41 Å². The van der Waals surface area contributed by atoms with Crippen molar-refractivity contribution in [2.45, 2.75) is 46.0 Å². The molecule has 1 aliphatic heterocycles. The number of nitrogens with one attached hydrogen (secondary N) is 2. The Morgan fingerprint density at radius 2 is 1.85 bits per heavy atom. The van der Waals surface area contributed by atoms with Crippen molar-refractivity contribution in [3.05, 3.63) is 29.8 Å². The largest absolute Gasteiger partial charge is 0.326 e. The summed E-state index contributed by atoms with van der Waals surface area (Å²) in [6.07, 6.45) is 2.77. The maximum atomic E-state index is 12.6. The minimum absolute atomic E-state index is 0.179. The maximum absolute atomic E-state index is 12.6. The van der Waals surface area contributed by atoms with E-state index in [-0.39, 0.29) is 11.3 Å². The normalized spacial score (nSPS) is 18.0. The number of anilines is 1. The Kier molecular flexibility index (Phi) is 4.81. The molecular formula is C17H26N2O. The predicted octanol–water partition coefficient (Wildman–Crippen LogP) is 3.53. The average molecular weight is 274 g/mol. The molecule has 0 unspecified atom stereocenters. The van der Waals surface area contributed by atoms with E-state index < -0.39 is 0 Å². The second-order valence-electron chi connectivity index (χ2n) is 6.11. The molecule has 2 N–H and O–H groups in total. The number of piperidine rings is 1. The van der Waals surface area contributed by atoms with E-state index in [0.717, 1.165) is 38.0 Å². The van der Waals surface area contributed by atoms with Crippen molar-refractivity contribution in [2.24, 2.45) is 5.41 Å². The first-order chi connectivity index (χ1) is 9.57. The van der Waals surface area contributed by atoms with Gasteiger partial charge in [-0.2, -0.15) is 0 Å². The number of carbonyl (C=O) groups excluding carboxylic acids is 1. The van der Waals surface area contributed by atoms with Gasteiger partial charge in [0.1, 0.15) is 0 Å². The van der Waals surface area contributed by atoms with Gasteiger partial charge in [-0.15, -0.1) is 0 Å². The van der Waals surface area contributed by atoms with Crippen molar-refractivity contribution in [2.75, 3.05) is 18.4 Å². The molecule has 1 saturated heterocycles. The molecule has 0 spiro atoms. The third-order valence-electron chi connectivity index (χ3n) is 4.55. The maximum Gasteiger partial charge on any atom is 0.230 e. The molecule has 1 amide bonds. The van der Waals surface area contributed by atoms with Crippen LogP contribution in [-0.2, 0) is 4.79 Å². The lowest BCUT2D eigenvalue weighted by atomic mass is 9.76. The summed E-state index contributed by atoms with van der Waals surface area (Å²) in [6.45, 7) is 8.34. The van der Waals surface area contributed by atoms with Gasteiger partial charge in [0.25, 0.3) is 0 Å². The molecule has 0 radical (unpaired) electrons. The number of benzene rings is 1. The number of hydrogen-bond acceptors (Lipinski definition) is 2. The highest BCUT2D eigenvalue weighted by Crippen LogP contribution is 2.34. The summed E-state index contributed by atoms with van der Waals surface area (Å²) in [5.74, 6) is 0.699. The molecule has 3 heteroatoms. The van der Waals surface area contributed by atoms with Gasteiger partial charge in [-0.1, -0.05) is 32.9 Å². The SMILES string of the molecule is CCC1(C(=O)Nc2ccc(C(C)C)cc2)CCNCC1. The zero-order valence-electron chi connectivity index (χ0n) is 12.8. The number of hydrogen-bond donors (Lipinski definition) is 2. The van der Waals surface area contributed by atoms with Crippen LogP contribution < -0.4 is 10.6 Å². The van der Waals surface area contributed by atoms with Crippen LogP contribution in [0.4, 0.5) is 5.69 Å². The van der Waals surface area contributed by atoms with Gasteiger partial charge < -0.3 is 10.6 Å². The lowest BCUT2D eigenvalue weighted by molar-refractivity contribution is -0.127. The topological polar surface area (TPSA) is 41.1 Å². The summed E-state index contributed by atoms with van der Waals surface area (Å²) in [5, 5.41) is 6.44. The van der Waals surface area contributed by atoms with Crippen molar-refractivity contribution < 1.29 is 4.79 Å². The van der Waals surface area contributed by atoms with Crippen molar-refractivity contribution in [1.82, 2.24) is 5.32 Å². The first-order valence-corrected chi connectivity index (χ1v) is 7.69. The second kappa shape index (κ2) is 6.40. The highest BCUT2D eigenvalue weighted by molar-refractivity contribution is 5.95. The number of amides is 1. The second-order valence-corrected chi connectivity index (χ2v) is 6.11. The van der Waals surface area contributed by atoms with E-state index in [4.69, 9.17) is 0 Å². The fourth-order valence-corrected chi connectivity index (χ4v) is 2.86. The smallest absolute Gasteiger partial charge is 0.230 e. The van der Waals surface area contributed by atoms with E-state index in [9.17, 15) is 4.79 Å². The van der Waals surface area contributed by atoms with E-state index in [1.165, 1.54) is 5.56 Å². The van der Waals surface area contributed by atoms with Gasteiger partial charge >= 0.3 is 0 Å². The van der Waals surface area contributed by atoms with Crippen molar-refractivity contribution in [3.63, 3.8) is 0 Å². The molecular weight excluding hydrogens is 248 g/mol. The summed E-state index contributed by atoms with van der Waals surface area (Å²) >= 11 is 0. The third-order valence-corrected chi connectivity index (χ3v) is 4.55. The summed E-state index contributed by atoms with van der Waals surface area (Å²) in [6, 6.07) is 8.22. The first-order valence-electron chi connectivity index (χ1n) is 7.69. The van der Waals surface area contributed by atoms with Crippen LogP contribution in [0.25, 0.3) is 0 Å². The summed E-state index contributed by atoms with van der Waals surface area (Å²) in [5.41, 5.74) is 2.02. The van der Waals surface area contributed by atoms with Crippen LogP contribution in [0.3, 0.4) is 0 Å². The van der Waals surface area contributed by atoms with Gasteiger partial charge in [0, 0.05) is 5.69 Å². The standard InChI is InChI=1S/C17H26N2O/c1-4-17(9-11-18-12-10-17)16(20)19-15-7-5-14(6-8-15)13(2)3/h5-8,13,18H,4,9-12H2,1-3H3,(H,19,20). The lowest BCUT2D eigenvalue weighted by Crippen LogP contribution is -2.44. The summed E-state index contributed by atoms with van der Waals surface area (Å²) in [4.78, 5) is 12.6. The quantitative estimate of drug-likeness (QED) is 0.882. The molecule has 0 aliphatic carbocycles. The highest BCUT2D eigenvalue weighted by Gasteiger charge is 2.37. The van der Waals surface area contributed by atoms with Crippen LogP contribution in [0.1, 0.15) is 51.5 Å². The van der Waals surface area contributed by atoms with E-state index in [0.29, 0.717) is 5.92 Å². The molecule has 0 bridgehead atoms. The minimum atomic E-state index is -0.192. The van der Waals surface area contributed by atoms with Crippen LogP contribution >= 0.6 is 0 Å². The average Bonchev–Trinajstić information content (AvgIpc) is 2.48. The molecule has 1 aromatic rings. The molecule has 20 heavy (non-hydrogen) atoms. The molecule has 1 heterocycles. The van der Waals surface area contributed by atoms with E-state index in [1.807, 2.05) is 12.1 Å². The fourth-order valence-electron chi connectivity index (χ4n) is 2.86. The molecule has 110 valence electrons. The van der Waals surface area contributed by atoms with Gasteiger partial charge in [0.05, 0.1) is 5.41 Å². The Labute approximate surface area is 122 Å². The molecule has 3 nitrogen and oxygen atoms in total. The molecule has 2 rings (SSSR count). The van der Waals surface area contributed by atoms with Gasteiger partial charge in [0.2, 0.25) is 5.91 Å². The van der Waals surface area contributed by atoms with E-state index in [1.54, 1.807) is 0 Å². The zero-order chi connectivity index (χ0) is 14.6. The molecule has 1 aliphatic rings. The molecule has 1 aromatic carbocycles. The number of rotatable bonds is 4. The van der Waals surface area contributed by atoms with Crippen LogP contribution in [0.15, 0.2) is 24.3 Å². The van der Waals surface area contributed by atoms with E-state index >= 15 is 0 Å². The summed E-state index contributed by atoms with van der Waals surface area (Å²) in [7, 11) is 0. The van der Waals surface area contributed by atoms with Crippen LogP contribution in [-0.4, -0.2) is 19.0 Å². The Balaban J connectivity index is 2.06. The monoisotopic (exact) mass is 274 g/mol. The molecule has 0 atom stereocenters. The zero-order valence-corrected chi connectivity index (χ0v) is 12.8. The van der Waals surface area contributed by atoms with Crippen LogP contribution in [0.2, 0.25) is 0 Å². The van der Waals surface area contributed by atoms with Gasteiger partial charge in [0.15, 0.2) is 0 Å². The van der Waals surface area contributed by atoms with Gasteiger partial charge in [-0.25, -0.2) is 0 Å². The molecule has 0 aromatic heterocycles. The lowest BCUT2D eigenvalue weighted by Gasteiger charge is -2.35. The Bertz CT molecular complexity index is 445. The minimum Gasteiger partial charge on any atom is -0.326 e. The van der Waals surface area contributed by atoms with Gasteiger partial charge in [-0.05, 0) is 56.0 Å². The van der Waals surface area contributed by atoms with Crippen LogP contribution in [0.5, 0.6) is 0 Å². The predicted molar refractivity (Wildman–Crippen MR) is 84.0 cm³/mol. The fraction of sp³-hybridized carbons (Fsp3) is 0.588. The van der Waals surface area contributed by atoms with E-state index in [2.05, 4.69) is 43.5 Å².